The molecule has 0 saturated heterocycles. The van der Waals surface area contributed by atoms with E-state index >= 15 is 0 Å². The van der Waals surface area contributed by atoms with Gasteiger partial charge in [-0.2, -0.15) is 0 Å². The molecule has 0 fully saturated rings. The van der Waals surface area contributed by atoms with Crippen LogP contribution in [-0.4, -0.2) is 19.7 Å². The summed E-state index contributed by atoms with van der Waals surface area (Å²) in [6.07, 6.45) is 5.42. The number of nitrogens with zero attached hydrogens (tertiary/aromatic N) is 4. The summed E-state index contributed by atoms with van der Waals surface area (Å²) in [5, 5.41) is 13.9. The Hall–Kier alpha value is -2.27. The number of pyridine rings is 1. The first-order valence-corrected chi connectivity index (χ1v) is 6.64. The van der Waals surface area contributed by atoms with Gasteiger partial charge in [0.2, 0.25) is 0 Å². The summed E-state index contributed by atoms with van der Waals surface area (Å²) in [4.78, 5) is 4.13. The number of nitrogens with one attached hydrogen (secondary N) is 1. The van der Waals surface area contributed by atoms with Crippen LogP contribution in [0.3, 0.4) is 0 Å². The van der Waals surface area contributed by atoms with Crippen molar-refractivity contribution in [1.29, 1.82) is 0 Å². The van der Waals surface area contributed by atoms with Gasteiger partial charge in [-0.3, -0.25) is 4.98 Å². The van der Waals surface area contributed by atoms with Gasteiger partial charge in [-0.15, -0.1) is 10.2 Å². The van der Waals surface area contributed by atoms with Crippen LogP contribution >= 0.6 is 0 Å². The van der Waals surface area contributed by atoms with Crippen LogP contribution in [0.2, 0.25) is 0 Å². The predicted octanol–water partition coefficient (Wildman–Crippen LogP) is 2.21. The Morgan fingerprint density at radius 3 is 2.95 bits per heavy atom. The zero-order valence-electron chi connectivity index (χ0n) is 11.6. The van der Waals surface area contributed by atoms with Crippen LogP contribution in [0.25, 0.3) is 10.8 Å². The average molecular weight is 267 g/mol. The number of hydrogen-bond acceptors (Lipinski definition) is 4. The highest BCUT2D eigenvalue weighted by Gasteiger charge is 2.10. The van der Waals surface area contributed by atoms with Crippen molar-refractivity contribution in [2.45, 2.75) is 19.5 Å². The minimum Gasteiger partial charge on any atom is -0.319 e. The lowest BCUT2D eigenvalue weighted by atomic mass is 10.1. The highest BCUT2D eigenvalue weighted by atomic mass is 15.3. The summed E-state index contributed by atoms with van der Waals surface area (Å²) in [6.45, 7) is 2.89. The predicted molar refractivity (Wildman–Crippen MR) is 78.0 cm³/mol. The first kappa shape index (κ1) is 12.7. The molecule has 1 N–H and O–H groups in total. The molecule has 0 amide bonds. The van der Waals surface area contributed by atoms with Gasteiger partial charge in [0.05, 0.1) is 6.04 Å². The number of rotatable bonds is 4. The summed E-state index contributed by atoms with van der Waals surface area (Å²) in [7, 11) is 1.95. The standard InChI is InChI=1S/C15H17N5/c1-11(15-19-18-10-20(15)2)17-8-12-3-4-14-9-16-6-5-13(14)7-12/h3-7,9-11,17H,8H2,1-2H3. The average Bonchev–Trinajstić information content (AvgIpc) is 2.91. The zero-order chi connectivity index (χ0) is 13.9. The second-order valence-corrected chi connectivity index (χ2v) is 4.96. The van der Waals surface area contributed by atoms with E-state index in [1.165, 1.54) is 10.9 Å². The van der Waals surface area contributed by atoms with Crippen molar-refractivity contribution in [3.05, 3.63) is 54.4 Å². The molecule has 102 valence electrons. The van der Waals surface area contributed by atoms with E-state index in [-0.39, 0.29) is 6.04 Å². The first-order chi connectivity index (χ1) is 9.74. The molecular formula is C15H17N5. The highest BCUT2D eigenvalue weighted by molar-refractivity contribution is 5.81. The van der Waals surface area contributed by atoms with Crippen molar-refractivity contribution in [1.82, 2.24) is 25.1 Å². The SMILES string of the molecule is CC(NCc1ccc2cnccc2c1)c1nncn1C. The maximum atomic E-state index is 4.13. The third-order valence-corrected chi connectivity index (χ3v) is 3.45. The largest absolute Gasteiger partial charge is 0.319 e. The number of benzene rings is 1. The number of hydrogen-bond donors (Lipinski definition) is 1. The van der Waals surface area contributed by atoms with E-state index in [9.17, 15) is 0 Å². The third-order valence-electron chi connectivity index (χ3n) is 3.45. The van der Waals surface area contributed by atoms with Crippen LogP contribution in [0.15, 0.2) is 43.0 Å². The molecule has 5 heteroatoms. The molecule has 1 atom stereocenters. The Morgan fingerprint density at radius 2 is 2.15 bits per heavy atom. The first-order valence-electron chi connectivity index (χ1n) is 6.64. The fourth-order valence-electron chi connectivity index (χ4n) is 2.29. The van der Waals surface area contributed by atoms with Crippen molar-refractivity contribution >= 4 is 10.8 Å². The molecule has 2 heterocycles. The van der Waals surface area contributed by atoms with Crippen LogP contribution in [0, 0.1) is 0 Å². The van der Waals surface area contributed by atoms with Crippen LogP contribution in [0.4, 0.5) is 0 Å². The van der Waals surface area contributed by atoms with Crippen molar-refractivity contribution < 1.29 is 0 Å². The molecule has 20 heavy (non-hydrogen) atoms. The lowest BCUT2D eigenvalue weighted by molar-refractivity contribution is 0.528. The monoisotopic (exact) mass is 267 g/mol. The number of aryl methyl sites for hydroxylation is 1. The smallest absolute Gasteiger partial charge is 0.149 e. The fourth-order valence-corrected chi connectivity index (χ4v) is 2.29. The van der Waals surface area contributed by atoms with Crippen molar-refractivity contribution in [3.8, 4) is 0 Å². The van der Waals surface area contributed by atoms with Gasteiger partial charge in [0, 0.05) is 31.4 Å². The van der Waals surface area contributed by atoms with Gasteiger partial charge in [0.15, 0.2) is 0 Å². The second kappa shape index (κ2) is 5.38. The molecule has 2 aromatic heterocycles. The molecule has 1 aromatic carbocycles. The summed E-state index contributed by atoms with van der Waals surface area (Å²) >= 11 is 0. The molecule has 5 nitrogen and oxygen atoms in total. The quantitative estimate of drug-likeness (QED) is 0.787. The van der Waals surface area contributed by atoms with E-state index in [0.717, 1.165) is 17.8 Å². The molecule has 0 aliphatic heterocycles. The summed E-state index contributed by atoms with van der Waals surface area (Å²) in [5.41, 5.74) is 1.25. The van der Waals surface area contributed by atoms with Crippen LogP contribution < -0.4 is 5.32 Å². The minimum absolute atomic E-state index is 0.163. The summed E-state index contributed by atoms with van der Waals surface area (Å²) in [6, 6.07) is 8.61. The second-order valence-electron chi connectivity index (χ2n) is 4.96. The van der Waals surface area contributed by atoms with E-state index in [2.05, 4.69) is 45.6 Å². The van der Waals surface area contributed by atoms with E-state index < -0.39 is 0 Å². The maximum Gasteiger partial charge on any atom is 0.149 e. The lowest BCUT2D eigenvalue weighted by Crippen LogP contribution is -2.21. The Labute approximate surface area is 117 Å². The van der Waals surface area contributed by atoms with Gasteiger partial charge < -0.3 is 9.88 Å². The Kier molecular flexibility index (Phi) is 3.43. The third kappa shape index (κ3) is 2.53. The summed E-state index contributed by atoms with van der Waals surface area (Å²) < 4.78 is 1.93. The molecule has 0 aliphatic rings. The van der Waals surface area contributed by atoms with Crippen LogP contribution in [0.1, 0.15) is 24.4 Å². The molecule has 0 aliphatic carbocycles. The topological polar surface area (TPSA) is 55.6 Å². The number of aromatic nitrogens is 4. The Balaban J connectivity index is 1.72. The Bertz CT molecular complexity index is 719. The van der Waals surface area contributed by atoms with Gasteiger partial charge >= 0.3 is 0 Å². The highest BCUT2D eigenvalue weighted by Crippen LogP contribution is 2.15. The molecule has 0 bridgehead atoms. The van der Waals surface area contributed by atoms with E-state index in [4.69, 9.17) is 0 Å². The maximum absolute atomic E-state index is 4.13. The molecule has 0 spiro atoms. The molecule has 0 radical (unpaired) electrons. The normalized spacial score (nSPS) is 12.7. The van der Waals surface area contributed by atoms with Crippen molar-refractivity contribution in [3.63, 3.8) is 0 Å². The molecule has 0 saturated carbocycles. The fraction of sp³-hybridized carbons (Fsp3) is 0.267. The van der Waals surface area contributed by atoms with Crippen molar-refractivity contribution in [2.24, 2.45) is 7.05 Å². The van der Waals surface area contributed by atoms with Crippen LogP contribution in [-0.2, 0) is 13.6 Å². The molecule has 1 unspecified atom stereocenters. The van der Waals surface area contributed by atoms with E-state index in [1.807, 2.05) is 30.1 Å². The van der Waals surface area contributed by atoms with Gasteiger partial charge in [-0.05, 0) is 30.0 Å². The Morgan fingerprint density at radius 1 is 1.25 bits per heavy atom. The minimum atomic E-state index is 0.163. The molecule has 3 rings (SSSR count). The number of fused-ring (bicyclic) bond motifs is 1. The molecule has 3 aromatic rings. The van der Waals surface area contributed by atoms with Crippen molar-refractivity contribution in [2.75, 3.05) is 0 Å². The molecular weight excluding hydrogens is 250 g/mol. The van der Waals surface area contributed by atoms with Gasteiger partial charge in [0.25, 0.3) is 0 Å². The van der Waals surface area contributed by atoms with Gasteiger partial charge in [-0.1, -0.05) is 12.1 Å². The van der Waals surface area contributed by atoms with E-state index in [1.54, 1.807) is 6.33 Å². The lowest BCUT2D eigenvalue weighted by Gasteiger charge is -2.13. The van der Waals surface area contributed by atoms with Crippen LogP contribution in [0.5, 0.6) is 0 Å². The summed E-state index contributed by atoms with van der Waals surface area (Å²) in [5.74, 6) is 0.940. The van der Waals surface area contributed by atoms with E-state index in [0.29, 0.717) is 0 Å². The van der Waals surface area contributed by atoms with Gasteiger partial charge in [-0.25, -0.2) is 0 Å². The van der Waals surface area contributed by atoms with Gasteiger partial charge in [0.1, 0.15) is 12.2 Å². The zero-order valence-corrected chi connectivity index (χ0v) is 11.6.